The van der Waals surface area contributed by atoms with Crippen LogP contribution in [0.1, 0.15) is 11.4 Å². The molecule has 122 valence electrons. The highest BCUT2D eigenvalue weighted by Crippen LogP contribution is 2.27. The number of aromatic nitrogens is 3. The Hall–Kier alpha value is -1.03. The summed E-state index contributed by atoms with van der Waals surface area (Å²) < 4.78 is 56.3. The van der Waals surface area contributed by atoms with Crippen molar-refractivity contribution in [2.75, 3.05) is 0 Å². The van der Waals surface area contributed by atoms with E-state index in [-0.39, 0.29) is 0 Å². The molecule has 22 heavy (non-hydrogen) atoms. The monoisotopic (exact) mass is 395 g/mol. The summed E-state index contributed by atoms with van der Waals surface area (Å²) in [5.74, 6) is -1.19. The molecule has 1 aromatic carbocycles. The number of hydrogen-bond acceptors (Lipinski definition) is 4. The first-order valence-corrected chi connectivity index (χ1v) is 8.79. The van der Waals surface area contributed by atoms with Crippen molar-refractivity contribution in [3.63, 3.8) is 0 Å². The Labute approximate surface area is 137 Å². The van der Waals surface area contributed by atoms with Crippen LogP contribution < -0.4 is 0 Å². The van der Waals surface area contributed by atoms with Crippen LogP contribution in [0.5, 0.6) is 0 Å². The molecular weight excluding hydrogens is 390 g/mol. The molecule has 0 N–H and O–H groups in total. The number of rotatable bonds is 1. The first-order valence-electron chi connectivity index (χ1n) is 5.27. The molecule has 0 bridgehead atoms. The van der Waals surface area contributed by atoms with Gasteiger partial charge in [-0.1, -0.05) is 17.7 Å². The summed E-state index contributed by atoms with van der Waals surface area (Å²) in [6.07, 6.45) is -3.57. The molecule has 5 nitrogen and oxygen atoms in total. The molecule has 1 heterocycles. The Morgan fingerprint density at radius 2 is 1.77 bits per heavy atom. The lowest BCUT2D eigenvalue weighted by atomic mass is 10.2. The van der Waals surface area contributed by atoms with Gasteiger partial charge in [-0.15, -0.1) is 5.10 Å². The fourth-order valence-corrected chi connectivity index (χ4v) is 1.63. The molecule has 0 unspecified atom stereocenters. The van der Waals surface area contributed by atoms with E-state index in [0.29, 0.717) is 10.7 Å². The van der Waals surface area contributed by atoms with Crippen LogP contribution >= 0.6 is 33.0 Å². The zero-order chi connectivity index (χ0) is 17.1. The minimum Gasteiger partial charge on any atom is -0.219 e. The van der Waals surface area contributed by atoms with Crippen LogP contribution in [0.4, 0.5) is 13.2 Å². The van der Waals surface area contributed by atoms with Crippen LogP contribution in [0.3, 0.4) is 0 Å². The molecule has 0 saturated heterocycles. The molecule has 0 atom stereocenters. The van der Waals surface area contributed by atoms with Gasteiger partial charge in [-0.2, -0.15) is 21.6 Å². The highest BCUT2D eigenvalue weighted by Gasteiger charge is 2.35. The second-order valence-electron chi connectivity index (χ2n) is 3.84. The lowest BCUT2D eigenvalue weighted by molar-refractivity contribution is -0.144. The standard InChI is InChI=1S/C10H7ClF3N3.Cl2O2S/c1-6-2-3-8(7(11)4-6)17-5-15-9(16-17)10(12,13)14;1-5(2,3)4/h2-5H,1H3;. The number of nitrogens with zero attached hydrogens (tertiary/aromatic N) is 3. The molecule has 0 fully saturated rings. The summed E-state index contributed by atoms with van der Waals surface area (Å²) in [6.45, 7) is 1.83. The van der Waals surface area contributed by atoms with E-state index in [0.717, 1.165) is 16.6 Å². The van der Waals surface area contributed by atoms with Crippen LogP contribution in [0, 0.1) is 6.92 Å². The first kappa shape index (κ1) is 19.0. The van der Waals surface area contributed by atoms with Crippen LogP contribution in [0.15, 0.2) is 24.5 Å². The van der Waals surface area contributed by atoms with E-state index in [2.05, 4.69) is 31.4 Å². The number of benzene rings is 1. The second kappa shape index (κ2) is 7.03. The van der Waals surface area contributed by atoms with E-state index in [1.54, 1.807) is 18.2 Å². The van der Waals surface area contributed by atoms with Gasteiger partial charge in [-0.25, -0.2) is 9.67 Å². The number of aryl methyl sites for hydroxylation is 1. The Bertz CT molecular complexity index is 754. The van der Waals surface area contributed by atoms with Gasteiger partial charge in [0.1, 0.15) is 6.33 Å². The minimum absolute atomic E-state index is 0.323. The molecule has 0 radical (unpaired) electrons. The van der Waals surface area contributed by atoms with E-state index in [4.69, 9.17) is 20.0 Å². The van der Waals surface area contributed by atoms with Gasteiger partial charge in [-0.3, -0.25) is 0 Å². The molecule has 2 rings (SSSR count). The predicted molar refractivity (Wildman–Crippen MR) is 76.7 cm³/mol. The summed E-state index contributed by atoms with van der Waals surface area (Å²) in [5.41, 5.74) is 1.27. The number of alkyl halides is 3. The van der Waals surface area contributed by atoms with Crippen molar-refractivity contribution in [3.8, 4) is 5.69 Å². The lowest BCUT2D eigenvalue weighted by Crippen LogP contribution is -2.08. The molecule has 0 aliphatic heterocycles. The number of halogens is 6. The fraction of sp³-hybridized carbons (Fsp3) is 0.200. The van der Waals surface area contributed by atoms with Crippen LogP contribution in [-0.4, -0.2) is 23.2 Å². The third-order valence-electron chi connectivity index (χ3n) is 2.10. The summed E-state index contributed by atoms with van der Waals surface area (Å²) in [4.78, 5) is 3.20. The summed E-state index contributed by atoms with van der Waals surface area (Å²) >= 11 is 5.92. The summed E-state index contributed by atoms with van der Waals surface area (Å²) in [5, 5.41) is 3.66. The van der Waals surface area contributed by atoms with E-state index in [1.165, 1.54) is 0 Å². The van der Waals surface area contributed by atoms with Crippen LogP contribution in [-0.2, 0) is 14.4 Å². The molecule has 12 heteroatoms. The van der Waals surface area contributed by atoms with Gasteiger partial charge in [-0.05, 0) is 24.6 Å². The van der Waals surface area contributed by atoms with Gasteiger partial charge in [0.2, 0.25) is 0 Å². The van der Waals surface area contributed by atoms with Gasteiger partial charge in [0.25, 0.3) is 5.82 Å². The van der Waals surface area contributed by atoms with Gasteiger partial charge in [0.15, 0.2) is 0 Å². The largest absolute Gasteiger partial charge is 0.453 e. The van der Waals surface area contributed by atoms with Crippen molar-refractivity contribution < 1.29 is 21.6 Å². The molecule has 0 saturated carbocycles. The maximum absolute atomic E-state index is 12.3. The lowest BCUT2D eigenvalue weighted by Gasteiger charge is -2.04. The third-order valence-corrected chi connectivity index (χ3v) is 2.40. The Balaban J connectivity index is 0.000000422. The van der Waals surface area contributed by atoms with Crippen LogP contribution in [0.25, 0.3) is 5.69 Å². The molecular formula is C10H7Cl3F3N3O2S. The number of hydrogen-bond donors (Lipinski definition) is 0. The third kappa shape index (κ3) is 6.39. The van der Waals surface area contributed by atoms with E-state index < -0.39 is 20.3 Å². The second-order valence-corrected chi connectivity index (χ2v) is 7.92. The van der Waals surface area contributed by atoms with E-state index in [1.807, 2.05) is 6.92 Å². The quantitative estimate of drug-likeness (QED) is 0.685. The normalized spacial score (nSPS) is 11.8. The maximum atomic E-state index is 12.3. The average Bonchev–Trinajstić information content (AvgIpc) is 2.75. The van der Waals surface area contributed by atoms with Gasteiger partial charge >= 0.3 is 14.4 Å². The van der Waals surface area contributed by atoms with Crippen LogP contribution in [0.2, 0.25) is 5.02 Å². The van der Waals surface area contributed by atoms with Gasteiger partial charge in [0.05, 0.1) is 10.7 Å². The Morgan fingerprint density at radius 3 is 2.18 bits per heavy atom. The summed E-state index contributed by atoms with van der Waals surface area (Å²) in [6, 6.07) is 4.97. The first-order chi connectivity index (χ1) is 9.88. The van der Waals surface area contributed by atoms with E-state index in [9.17, 15) is 13.2 Å². The zero-order valence-corrected chi connectivity index (χ0v) is 13.7. The van der Waals surface area contributed by atoms with Crippen molar-refractivity contribution >= 4 is 41.2 Å². The Kier molecular flexibility index (Phi) is 6.08. The fourth-order valence-electron chi connectivity index (χ4n) is 1.31. The molecule has 0 spiro atoms. The average molecular weight is 397 g/mol. The maximum Gasteiger partial charge on any atom is 0.453 e. The SMILES string of the molecule is Cc1ccc(-n2cnc(C(F)(F)F)n2)c(Cl)c1.O=S(=O)(Cl)Cl. The summed E-state index contributed by atoms with van der Waals surface area (Å²) in [7, 11) is 4.81. The van der Waals surface area contributed by atoms with Crippen molar-refractivity contribution in [1.82, 2.24) is 14.8 Å². The van der Waals surface area contributed by atoms with Gasteiger partial charge < -0.3 is 0 Å². The van der Waals surface area contributed by atoms with Gasteiger partial charge in [0, 0.05) is 21.4 Å². The molecule has 2 aromatic rings. The van der Waals surface area contributed by atoms with Crippen molar-refractivity contribution in [2.45, 2.75) is 13.1 Å². The minimum atomic E-state index is -4.55. The highest BCUT2D eigenvalue weighted by atomic mass is 36.0. The molecule has 1 aromatic heterocycles. The molecule has 0 amide bonds. The van der Waals surface area contributed by atoms with Crippen molar-refractivity contribution in [2.24, 2.45) is 0 Å². The Morgan fingerprint density at radius 1 is 1.23 bits per heavy atom. The van der Waals surface area contributed by atoms with Crippen molar-refractivity contribution in [3.05, 3.63) is 40.9 Å². The highest BCUT2D eigenvalue weighted by molar-refractivity contribution is 8.31. The van der Waals surface area contributed by atoms with Crippen molar-refractivity contribution in [1.29, 1.82) is 0 Å². The van der Waals surface area contributed by atoms with E-state index >= 15 is 0 Å². The zero-order valence-electron chi connectivity index (χ0n) is 10.6. The molecule has 0 aliphatic rings. The topological polar surface area (TPSA) is 64.8 Å². The molecule has 0 aliphatic carbocycles. The smallest absolute Gasteiger partial charge is 0.219 e. The predicted octanol–water partition coefficient (Wildman–Crippen LogP) is 3.96.